The molecule has 1 aliphatic heterocycles. The molecule has 1 aliphatic carbocycles. The Kier molecular flexibility index (Phi) is 5.94. The maximum Gasteiger partial charge on any atom is 0.291 e. The van der Waals surface area contributed by atoms with Gasteiger partial charge in [0.25, 0.3) is 11.8 Å². The summed E-state index contributed by atoms with van der Waals surface area (Å²) in [6.07, 6.45) is 3.76. The highest BCUT2D eigenvalue weighted by atomic mass is 16.5. The zero-order valence-electron chi connectivity index (χ0n) is 18.8. The lowest BCUT2D eigenvalue weighted by atomic mass is 10.0. The monoisotopic (exact) mass is 444 g/mol. The number of benzene rings is 2. The number of hydrogen-bond acceptors (Lipinski definition) is 5. The number of hydrogen-bond donors (Lipinski definition) is 1. The largest absolute Gasteiger partial charge is 0.477 e. The lowest BCUT2D eigenvalue weighted by molar-refractivity contribution is 0.0685. The number of aromatic nitrogens is 2. The van der Waals surface area contributed by atoms with Crippen LogP contribution in [0.25, 0.3) is 10.9 Å². The van der Waals surface area contributed by atoms with E-state index in [0.29, 0.717) is 55.4 Å². The van der Waals surface area contributed by atoms with Crippen molar-refractivity contribution in [3.63, 3.8) is 0 Å². The molecule has 2 amide bonds. The van der Waals surface area contributed by atoms with Gasteiger partial charge in [-0.1, -0.05) is 30.3 Å². The Hall–Kier alpha value is -3.48. The first-order valence-electron chi connectivity index (χ1n) is 11.6. The Balaban J connectivity index is 1.25. The summed E-state index contributed by atoms with van der Waals surface area (Å²) in [6.45, 7) is 3.65. The Morgan fingerprint density at radius 3 is 2.48 bits per heavy atom. The van der Waals surface area contributed by atoms with Crippen molar-refractivity contribution in [3.8, 4) is 5.88 Å². The van der Waals surface area contributed by atoms with Crippen molar-refractivity contribution >= 4 is 22.7 Å². The van der Waals surface area contributed by atoms with Crippen molar-refractivity contribution < 1.29 is 14.3 Å². The predicted octanol–water partition coefficient (Wildman–Crippen LogP) is 3.76. The molecule has 7 nitrogen and oxygen atoms in total. The summed E-state index contributed by atoms with van der Waals surface area (Å²) in [5.74, 6) is 0.985. The molecular formula is C26H28N4O3. The first kappa shape index (κ1) is 21.4. The molecule has 0 bridgehead atoms. The number of nitrogens with zero attached hydrogens (tertiary/aromatic N) is 3. The van der Waals surface area contributed by atoms with Crippen LogP contribution in [0.1, 0.15) is 52.2 Å². The van der Waals surface area contributed by atoms with Gasteiger partial charge in [0, 0.05) is 24.7 Å². The lowest BCUT2D eigenvalue weighted by Gasteiger charge is -2.32. The summed E-state index contributed by atoms with van der Waals surface area (Å²) >= 11 is 0. The van der Waals surface area contributed by atoms with Crippen molar-refractivity contribution in [1.82, 2.24) is 20.2 Å². The van der Waals surface area contributed by atoms with Crippen molar-refractivity contribution in [3.05, 3.63) is 65.5 Å². The molecule has 1 aromatic heterocycles. The smallest absolute Gasteiger partial charge is 0.291 e. The van der Waals surface area contributed by atoms with Crippen LogP contribution in [-0.4, -0.2) is 52.4 Å². The maximum atomic E-state index is 13.2. The van der Waals surface area contributed by atoms with Gasteiger partial charge in [0.1, 0.15) is 0 Å². The fourth-order valence-electron chi connectivity index (χ4n) is 4.19. The molecule has 2 aliphatic rings. The molecule has 7 heteroatoms. The number of aryl methyl sites for hydroxylation is 1. The minimum Gasteiger partial charge on any atom is -0.477 e. The number of carbonyl (C=O) groups excluding carboxylic acids is 2. The Morgan fingerprint density at radius 1 is 1.00 bits per heavy atom. The molecular weight excluding hydrogens is 416 g/mol. The van der Waals surface area contributed by atoms with Gasteiger partial charge in [0.2, 0.25) is 11.7 Å². The summed E-state index contributed by atoms with van der Waals surface area (Å²) in [7, 11) is 0. The van der Waals surface area contributed by atoms with Gasteiger partial charge < -0.3 is 15.0 Å². The van der Waals surface area contributed by atoms with E-state index in [1.165, 1.54) is 12.8 Å². The molecule has 0 radical (unpaired) electrons. The first-order valence-corrected chi connectivity index (χ1v) is 11.6. The standard InChI is InChI=1S/C26H28N4O3/c1-17-6-2-3-7-20(17)24(31)27-19-12-14-30(15-13-19)26(32)23-28-22-9-5-4-8-21(22)25(29-23)33-16-18-10-11-18/h2-9,18-19H,10-16H2,1H3,(H,27,31). The number of para-hydroxylation sites is 1. The Bertz CT molecular complexity index is 1180. The van der Waals surface area contributed by atoms with Gasteiger partial charge in [0.15, 0.2) is 0 Å². The number of nitrogens with one attached hydrogen (secondary N) is 1. The van der Waals surface area contributed by atoms with Crippen LogP contribution in [0.5, 0.6) is 5.88 Å². The quantitative estimate of drug-likeness (QED) is 0.626. The highest BCUT2D eigenvalue weighted by Gasteiger charge is 2.28. The van der Waals surface area contributed by atoms with Crippen LogP contribution in [-0.2, 0) is 0 Å². The number of rotatable bonds is 6. The minimum atomic E-state index is -0.194. The molecule has 1 N–H and O–H groups in total. The molecule has 33 heavy (non-hydrogen) atoms. The molecule has 2 heterocycles. The van der Waals surface area contributed by atoms with Crippen LogP contribution in [0, 0.1) is 12.8 Å². The van der Waals surface area contributed by atoms with Gasteiger partial charge in [-0.05, 0) is 62.3 Å². The number of likely N-dealkylation sites (tertiary alicyclic amines) is 1. The van der Waals surface area contributed by atoms with Crippen LogP contribution in [0.4, 0.5) is 0 Å². The maximum absolute atomic E-state index is 13.2. The summed E-state index contributed by atoms with van der Waals surface area (Å²) in [5.41, 5.74) is 2.36. The van der Waals surface area contributed by atoms with E-state index in [4.69, 9.17) is 4.74 Å². The average Bonchev–Trinajstić information content (AvgIpc) is 3.67. The van der Waals surface area contributed by atoms with Gasteiger partial charge in [-0.15, -0.1) is 0 Å². The van der Waals surface area contributed by atoms with Gasteiger partial charge in [-0.2, -0.15) is 4.98 Å². The SMILES string of the molecule is Cc1ccccc1C(=O)NC1CCN(C(=O)c2nc(OCC3CC3)c3ccccc3n2)CC1. The predicted molar refractivity (Wildman–Crippen MR) is 125 cm³/mol. The molecule has 0 atom stereocenters. The van der Waals surface area contributed by atoms with Gasteiger partial charge in [-0.3, -0.25) is 9.59 Å². The van der Waals surface area contributed by atoms with Gasteiger partial charge >= 0.3 is 0 Å². The average molecular weight is 445 g/mol. The molecule has 2 fully saturated rings. The van der Waals surface area contributed by atoms with Crippen LogP contribution in [0.3, 0.4) is 0 Å². The molecule has 0 spiro atoms. The third kappa shape index (κ3) is 4.82. The number of carbonyl (C=O) groups is 2. The van der Waals surface area contributed by atoms with Crippen LogP contribution in [0.2, 0.25) is 0 Å². The van der Waals surface area contributed by atoms with E-state index in [0.717, 1.165) is 10.9 Å². The van der Waals surface area contributed by atoms with E-state index < -0.39 is 0 Å². The van der Waals surface area contributed by atoms with E-state index >= 15 is 0 Å². The van der Waals surface area contributed by atoms with E-state index in [2.05, 4.69) is 15.3 Å². The highest BCUT2D eigenvalue weighted by Crippen LogP contribution is 2.31. The van der Waals surface area contributed by atoms with E-state index in [1.807, 2.05) is 55.5 Å². The second-order valence-electron chi connectivity index (χ2n) is 8.98. The van der Waals surface area contributed by atoms with Crippen molar-refractivity contribution in [1.29, 1.82) is 0 Å². The number of fused-ring (bicyclic) bond motifs is 1. The third-order valence-electron chi connectivity index (χ3n) is 6.42. The second-order valence-corrected chi connectivity index (χ2v) is 8.98. The van der Waals surface area contributed by atoms with Crippen molar-refractivity contribution in [2.75, 3.05) is 19.7 Å². The Labute approximate surface area is 193 Å². The normalized spacial score (nSPS) is 16.6. The van der Waals surface area contributed by atoms with Crippen LogP contribution < -0.4 is 10.1 Å². The summed E-state index contributed by atoms with van der Waals surface area (Å²) < 4.78 is 5.96. The number of amides is 2. The number of piperidine rings is 1. The van der Waals surface area contributed by atoms with Crippen molar-refractivity contribution in [2.45, 2.75) is 38.6 Å². The highest BCUT2D eigenvalue weighted by molar-refractivity contribution is 5.96. The zero-order chi connectivity index (χ0) is 22.8. The molecule has 1 saturated carbocycles. The zero-order valence-corrected chi connectivity index (χ0v) is 18.8. The molecule has 1 saturated heterocycles. The van der Waals surface area contributed by atoms with Gasteiger partial charge in [0.05, 0.1) is 17.5 Å². The van der Waals surface area contributed by atoms with E-state index in [-0.39, 0.29) is 23.7 Å². The first-order chi connectivity index (χ1) is 16.1. The topological polar surface area (TPSA) is 84.4 Å². The second kappa shape index (κ2) is 9.17. The molecule has 0 unspecified atom stereocenters. The summed E-state index contributed by atoms with van der Waals surface area (Å²) in [4.78, 5) is 36.6. The van der Waals surface area contributed by atoms with E-state index in [9.17, 15) is 9.59 Å². The van der Waals surface area contributed by atoms with Crippen LogP contribution >= 0.6 is 0 Å². The van der Waals surface area contributed by atoms with E-state index in [1.54, 1.807) is 4.90 Å². The van der Waals surface area contributed by atoms with Gasteiger partial charge in [-0.25, -0.2) is 4.98 Å². The fourth-order valence-corrected chi connectivity index (χ4v) is 4.19. The fraction of sp³-hybridized carbons (Fsp3) is 0.385. The molecule has 170 valence electrons. The minimum absolute atomic E-state index is 0.0381. The summed E-state index contributed by atoms with van der Waals surface area (Å²) in [6, 6.07) is 15.2. The molecule has 3 aromatic rings. The number of ether oxygens (including phenoxy) is 1. The lowest BCUT2D eigenvalue weighted by Crippen LogP contribution is -2.47. The third-order valence-corrected chi connectivity index (χ3v) is 6.42. The van der Waals surface area contributed by atoms with Crippen LogP contribution in [0.15, 0.2) is 48.5 Å². The molecule has 5 rings (SSSR count). The van der Waals surface area contributed by atoms with Crippen molar-refractivity contribution in [2.24, 2.45) is 5.92 Å². The summed E-state index contributed by atoms with van der Waals surface area (Å²) in [5, 5.41) is 3.94. The molecule has 2 aromatic carbocycles. The Morgan fingerprint density at radius 2 is 1.73 bits per heavy atom.